The minimum absolute atomic E-state index is 0.150. The van der Waals surface area contributed by atoms with E-state index in [1.807, 2.05) is 25.1 Å². The van der Waals surface area contributed by atoms with Crippen LogP contribution in [0.5, 0.6) is 0 Å². The number of rotatable bonds is 3. The summed E-state index contributed by atoms with van der Waals surface area (Å²) in [6.45, 7) is 5.19. The Balaban J connectivity index is 3.00. The topological polar surface area (TPSA) is 20.2 Å². The van der Waals surface area contributed by atoms with Crippen molar-refractivity contribution in [1.29, 1.82) is 0 Å². The van der Waals surface area contributed by atoms with Crippen molar-refractivity contribution in [3.05, 3.63) is 35.4 Å². The molecule has 0 aliphatic carbocycles. The van der Waals surface area contributed by atoms with Crippen molar-refractivity contribution >= 4 is 0 Å². The van der Waals surface area contributed by atoms with Gasteiger partial charge in [0.05, 0.1) is 6.61 Å². The van der Waals surface area contributed by atoms with Crippen LogP contribution in [-0.4, -0.2) is 11.7 Å². The van der Waals surface area contributed by atoms with Gasteiger partial charge in [-0.05, 0) is 18.1 Å². The number of aliphatic hydroxyl groups excluding tert-OH is 1. The second kappa shape index (κ2) is 4.09. The Bertz CT molecular complexity index is 307. The zero-order valence-corrected chi connectivity index (χ0v) is 8.92. The molecule has 1 unspecified atom stereocenters. The fourth-order valence-electron chi connectivity index (χ4n) is 1.37. The highest BCUT2D eigenvalue weighted by molar-refractivity contribution is 5.28. The lowest BCUT2D eigenvalue weighted by atomic mass is 9.83. The Morgan fingerprint density at radius 2 is 1.93 bits per heavy atom. The highest BCUT2D eigenvalue weighted by Crippen LogP contribution is 2.37. The largest absolute Gasteiger partial charge is 0.396 e. The van der Waals surface area contributed by atoms with E-state index in [4.69, 9.17) is 5.11 Å². The Hall–Kier alpha value is -0.890. The maximum absolute atomic E-state index is 14.0. The summed E-state index contributed by atoms with van der Waals surface area (Å²) >= 11 is 0. The van der Waals surface area contributed by atoms with E-state index in [2.05, 4.69) is 0 Å². The van der Waals surface area contributed by atoms with Gasteiger partial charge in [0.25, 0.3) is 0 Å². The molecular weight excluding hydrogens is 179 g/mol. The molecule has 0 saturated carbocycles. The molecule has 0 aliphatic rings. The van der Waals surface area contributed by atoms with Crippen LogP contribution in [0.2, 0.25) is 0 Å². The number of hydrogen-bond acceptors (Lipinski definition) is 1. The quantitative estimate of drug-likeness (QED) is 0.787. The summed E-state index contributed by atoms with van der Waals surface area (Å²) in [5.74, 6) is 0. The molecule has 1 N–H and O–H groups in total. The van der Waals surface area contributed by atoms with Gasteiger partial charge in [-0.2, -0.15) is 0 Å². The van der Waals surface area contributed by atoms with E-state index >= 15 is 0 Å². The zero-order chi connectivity index (χ0) is 10.8. The minimum Gasteiger partial charge on any atom is -0.396 e. The van der Waals surface area contributed by atoms with Gasteiger partial charge < -0.3 is 5.11 Å². The van der Waals surface area contributed by atoms with E-state index in [1.165, 1.54) is 0 Å². The van der Waals surface area contributed by atoms with E-state index in [1.54, 1.807) is 19.9 Å². The van der Waals surface area contributed by atoms with Crippen LogP contribution in [0.3, 0.4) is 0 Å². The summed E-state index contributed by atoms with van der Waals surface area (Å²) in [7, 11) is 0. The lowest BCUT2D eigenvalue weighted by molar-refractivity contribution is 0.0661. The molecule has 0 bridgehead atoms. The second-order valence-corrected chi connectivity index (χ2v) is 4.37. The third-order valence-electron chi connectivity index (χ3n) is 2.56. The molecule has 14 heavy (non-hydrogen) atoms. The molecule has 1 aromatic rings. The van der Waals surface area contributed by atoms with Crippen LogP contribution in [0.25, 0.3) is 0 Å². The van der Waals surface area contributed by atoms with Crippen LogP contribution in [0.4, 0.5) is 4.39 Å². The molecule has 1 atom stereocenters. The monoisotopic (exact) mass is 196 g/mol. The SMILES string of the molecule is Cc1ccccc1C(F)C(C)(C)CO. The Labute approximate surface area is 84.6 Å². The first-order valence-corrected chi connectivity index (χ1v) is 4.79. The van der Waals surface area contributed by atoms with Crippen molar-refractivity contribution in [1.82, 2.24) is 0 Å². The van der Waals surface area contributed by atoms with Gasteiger partial charge in [0.1, 0.15) is 6.17 Å². The standard InChI is InChI=1S/C12H17FO/c1-9-6-4-5-7-10(9)11(13)12(2,3)8-14/h4-7,11,14H,8H2,1-3H3. The number of aryl methyl sites for hydroxylation is 1. The maximum atomic E-state index is 14.0. The van der Waals surface area contributed by atoms with Gasteiger partial charge in [-0.25, -0.2) is 4.39 Å². The van der Waals surface area contributed by atoms with Crippen LogP contribution >= 0.6 is 0 Å². The second-order valence-electron chi connectivity index (χ2n) is 4.37. The summed E-state index contributed by atoms with van der Waals surface area (Å²) in [5.41, 5.74) is 0.889. The lowest BCUT2D eigenvalue weighted by Crippen LogP contribution is -2.23. The maximum Gasteiger partial charge on any atom is 0.133 e. The molecule has 1 aromatic carbocycles. The van der Waals surface area contributed by atoms with Crippen molar-refractivity contribution in [2.75, 3.05) is 6.61 Å². The Morgan fingerprint density at radius 1 is 1.36 bits per heavy atom. The summed E-state index contributed by atoms with van der Waals surface area (Å²) in [4.78, 5) is 0. The van der Waals surface area contributed by atoms with Gasteiger partial charge in [-0.15, -0.1) is 0 Å². The molecule has 0 saturated heterocycles. The molecule has 0 fully saturated rings. The van der Waals surface area contributed by atoms with Gasteiger partial charge in [0.15, 0.2) is 0 Å². The average Bonchev–Trinajstić information content (AvgIpc) is 2.17. The molecule has 0 aliphatic heterocycles. The number of aliphatic hydroxyl groups is 1. The molecule has 1 nitrogen and oxygen atoms in total. The van der Waals surface area contributed by atoms with Crippen molar-refractivity contribution in [3.8, 4) is 0 Å². The van der Waals surface area contributed by atoms with Crippen molar-refractivity contribution < 1.29 is 9.50 Å². The summed E-state index contributed by atoms with van der Waals surface area (Å²) in [6, 6.07) is 7.37. The fraction of sp³-hybridized carbons (Fsp3) is 0.500. The first-order chi connectivity index (χ1) is 6.49. The van der Waals surface area contributed by atoms with Crippen LogP contribution < -0.4 is 0 Å². The van der Waals surface area contributed by atoms with Gasteiger partial charge >= 0.3 is 0 Å². The third kappa shape index (κ3) is 2.13. The summed E-state index contributed by atoms with van der Waals surface area (Å²) in [5, 5.41) is 9.08. The van der Waals surface area contributed by atoms with E-state index in [0.717, 1.165) is 5.56 Å². The molecule has 0 aromatic heterocycles. The Morgan fingerprint density at radius 3 is 2.43 bits per heavy atom. The number of halogens is 1. The van der Waals surface area contributed by atoms with Gasteiger partial charge in [-0.1, -0.05) is 38.1 Å². The summed E-state index contributed by atoms with van der Waals surface area (Å²) < 4.78 is 14.0. The highest BCUT2D eigenvalue weighted by atomic mass is 19.1. The smallest absolute Gasteiger partial charge is 0.133 e. The summed E-state index contributed by atoms with van der Waals surface area (Å²) in [6.07, 6.45) is -1.12. The highest BCUT2D eigenvalue weighted by Gasteiger charge is 2.30. The number of hydrogen-bond donors (Lipinski definition) is 1. The van der Waals surface area contributed by atoms with Crippen LogP contribution in [0, 0.1) is 12.3 Å². The van der Waals surface area contributed by atoms with Gasteiger partial charge in [0, 0.05) is 5.41 Å². The molecular formula is C12H17FO. The average molecular weight is 196 g/mol. The van der Waals surface area contributed by atoms with Gasteiger partial charge in [-0.3, -0.25) is 0 Å². The van der Waals surface area contributed by atoms with Crippen LogP contribution in [0.1, 0.15) is 31.1 Å². The lowest BCUT2D eigenvalue weighted by Gasteiger charge is -2.27. The number of benzene rings is 1. The molecule has 0 heterocycles. The van der Waals surface area contributed by atoms with E-state index in [9.17, 15) is 4.39 Å². The van der Waals surface area contributed by atoms with E-state index < -0.39 is 11.6 Å². The zero-order valence-electron chi connectivity index (χ0n) is 8.92. The van der Waals surface area contributed by atoms with Crippen molar-refractivity contribution in [3.63, 3.8) is 0 Å². The fourth-order valence-corrected chi connectivity index (χ4v) is 1.37. The number of alkyl halides is 1. The van der Waals surface area contributed by atoms with Crippen molar-refractivity contribution in [2.45, 2.75) is 26.9 Å². The molecule has 2 heteroatoms. The molecule has 78 valence electrons. The van der Waals surface area contributed by atoms with Crippen LogP contribution in [-0.2, 0) is 0 Å². The van der Waals surface area contributed by atoms with E-state index in [-0.39, 0.29) is 6.61 Å². The first-order valence-electron chi connectivity index (χ1n) is 4.79. The van der Waals surface area contributed by atoms with Gasteiger partial charge in [0.2, 0.25) is 0 Å². The molecule has 1 rings (SSSR count). The molecule has 0 radical (unpaired) electrons. The normalized spacial score (nSPS) is 14.1. The minimum atomic E-state index is -1.12. The molecule has 0 spiro atoms. The third-order valence-corrected chi connectivity index (χ3v) is 2.56. The predicted molar refractivity (Wildman–Crippen MR) is 55.9 cm³/mol. The predicted octanol–water partition coefficient (Wildman–Crippen LogP) is 3.02. The Kier molecular flexibility index (Phi) is 3.27. The van der Waals surface area contributed by atoms with Crippen molar-refractivity contribution in [2.24, 2.45) is 5.41 Å². The first kappa shape index (κ1) is 11.2. The molecule has 0 amide bonds. The van der Waals surface area contributed by atoms with E-state index in [0.29, 0.717) is 5.56 Å². The van der Waals surface area contributed by atoms with Crippen LogP contribution in [0.15, 0.2) is 24.3 Å².